The van der Waals surface area contributed by atoms with Crippen LogP contribution < -0.4 is 15.5 Å². The molecule has 0 spiro atoms. The molecule has 2 N–H and O–H groups in total. The Hall–Kier alpha value is -3.64. The molecule has 6 nitrogen and oxygen atoms in total. The van der Waals surface area contributed by atoms with Crippen LogP contribution in [0.15, 0.2) is 84.9 Å². The van der Waals surface area contributed by atoms with Crippen LogP contribution >= 0.6 is 0 Å². The zero-order valence-corrected chi connectivity index (χ0v) is 21.4. The van der Waals surface area contributed by atoms with E-state index in [0.29, 0.717) is 13.0 Å². The molecule has 1 heterocycles. The van der Waals surface area contributed by atoms with Gasteiger partial charge >= 0.3 is 0 Å². The van der Waals surface area contributed by atoms with Gasteiger partial charge in [-0.15, -0.1) is 0 Å². The van der Waals surface area contributed by atoms with Crippen LogP contribution in [0.1, 0.15) is 36.9 Å². The number of benzene rings is 3. The van der Waals surface area contributed by atoms with Gasteiger partial charge in [0, 0.05) is 31.4 Å². The highest BCUT2D eigenvalue weighted by atomic mass is 16.2. The highest BCUT2D eigenvalue weighted by molar-refractivity contribution is 5.90. The molecule has 0 saturated carbocycles. The van der Waals surface area contributed by atoms with E-state index in [1.165, 1.54) is 0 Å². The largest absolute Gasteiger partial charge is 0.345 e. The van der Waals surface area contributed by atoms with Crippen molar-refractivity contribution in [3.05, 3.63) is 96.1 Å². The third kappa shape index (κ3) is 5.94. The number of amides is 2. The van der Waals surface area contributed by atoms with Crippen molar-refractivity contribution in [1.29, 1.82) is 0 Å². The first-order valence-corrected chi connectivity index (χ1v) is 12.7. The summed E-state index contributed by atoms with van der Waals surface area (Å²) in [6.07, 6.45) is 2.30. The minimum Gasteiger partial charge on any atom is -0.345 e. The second-order valence-corrected chi connectivity index (χ2v) is 9.44. The van der Waals surface area contributed by atoms with Gasteiger partial charge in [0.25, 0.3) is 0 Å². The van der Waals surface area contributed by atoms with Crippen LogP contribution in [0.3, 0.4) is 0 Å². The standard InChI is InChI=1S/C30H36N4O2/c1-22(31-2)29(35)32-27(20-23-12-6-4-7-13-23)30(36)34-19-11-18-28(34)24-14-10-17-26(21-24)33(3)25-15-8-5-9-16-25/h4-10,12-17,21-22,27-28,31H,11,18-20H2,1-3H3,(H,32,35)/t22-,27-,28-/m0/s1. The second-order valence-electron chi connectivity index (χ2n) is 9.44. The van der Waals surface area contributed by atoms with E-state index in [1.807, 2.05) is 53.4 Å². The molecule has 3 atom stereocenters. The van der Waals surface area contributed by atoms with E-state index in [1.54, 1.807) is 14.0 Å². The van der Waals surface area contributed by atoms with E-state index in [9.17, 15) is 9.59 Å². The van der Waals surface area contributed by atoms with Crippen LogP contribution in [0.25, 0.3) is 0 Å². The van der Waals surface area contributed by atoms with E-state index in [0.717, 1.165) is 35.3 Å². The zero-order chi connectivity index (χ0) is 25.5. The average molecular weight is 485 g/mol. The summed E-state index contributed by atoms with van der Waals surface area (Å²) >= 11 is 0. The first-order valence-electron chi connectivity index (χ1n) is 12.7. The SMILES string of the molecule is CN[C@@H](C)C(=O)N[C@@H](Cc1ccccc1)C(=O)N1CCC[C@H]1c1cccc(N(C)c2ccccc2)c1. The number of likely N-dealkylation sites (N-methyl/N-ethyl adjacent to an activating group) is 1. The van der Waals surface area contributed by atoms with Gasteiger partial charge in [-0.25, -0.2) is 0 Å². The van der Waals surface area contributed by atoms with E-state index >= 15 is 0 Å². The number of carbonyl (C=O) groups is 2. The molecule has 1 fully saturated rings. The van der Waals surface area contributed by atoms with Crippen molar-refractivity contribution in [2.75, 3.05) is 25.5 Å². The highest BCUT2D eigenvalue weighted by Gasteiger charge is 2.35. The van der Waals surface area contributed by atoms with Gasteiger partial charge in [-0.1, -0.05) is 60.7 Å². The number of rotatable bonds is 9. The second kappa shape index (κ2) is 11.9. The fraction of sp³-hybridized carbons (Fsp3) is 0.333. The van der Waals surface area contributed by atoms with Gasteiger partial charge in [0.05, 0.1) is 12.1 Å². The molecule has 36 heavy (non-hydrogen) atoms. The zero-order valence-electron chi connectivity index (χ0n) is 21.4. The lowest BCUT2D eigenvalue weighted by Crippen LogP contribution is -2.53. The van der Waals surface area contributed by atoms with Crippen molar-refractivity contribution in [3.8, 4) is 0 Å². The smallest absolute Gasteiger partial charge is 0.246 e. The Balaban J connectivity index is 1.57. The lowest BCUT2D eigenvalue weighted by Gasteiger charge is -2.31. The van der Waals surface area contributed by atoms with Crippen molar-refractivity contribution in [2.24, 2.45) is 0 Å². The summed E-state index contributed by atoms with van der Waals surface area (Å²) in [6.45, 7) is 2.48. The molecular formula is C30H36N4O2. The molecule has 3 aromatic carbocycles. The fourth-order valence-corrected chi connectivity index (χ4v) is 4.80. The van der Waals surface area contributed by atoms with Crippen LogP contribution in [0.2, 0.25) is 0 Å². The normalized spacial score (nSPS) is 16.9. The molecule has 2 amide bonds. The molecule has 188 valence electrons. The van der Waals surface area contributed by atoms with E-state index in [4.69, 9.17) is 0 Å². The quantitative estimate of drug-likeness (QED) is 0.471. The number of nitrogens with zero attached hydrogens (tertiary/aromatic N) is 2. The maximum atomic E-state index is 13.9. The maximum absolute atomic E-state index is 13.9. The van der Waals surface area contributed by atoms with Crippen molar-refractivity contribution in [3.63, 3.8) is 0 Å². The third-order valence-corrected chi connectivity index (χ3v) is 7.05. The van der Waals surface area contributed by atoms with Crippen molar-refractivity contribution in [2.45, 2.75) is 44.3 Å². The van der Waals surface area contributed by atoms with Gasteiger partial charge < -0.3 is 20.4 Å². The molecule has 1 saturated heterocycles. The summed E-state index contributed by atoms with van der Waals surface area (Å²) in [4.78, 5) is 30.8. The van der Waals surface area contributed by atoms with Crippen molar-refractivity contribution < 1.29 is 9.59 Å². The topological polar surface area (TPSA) is 64.7 Å². The molecule has 0 aliphatic carbocycles. The lowest BCUT2D eigenvalue weighted by atomic mass is 10.0. The lowest BCUT2D eigenvalue weighted by molar-refractivity contribution is -0.137. The maximum Gasteiger partial charge on any atom is 0.246 e. The molecule has 0 bridgehead atoms. The van der Waals surface area contributed by atoms with Crippen LogP contribution in [0.5, 0.6) is 0 Å². The molecule has 0 radical (unpaired) electrons. The van der Waals surface area contributed by atoms with Crippen molar-refractivity contribution >= 4 is 23.2 Å². The van der Waals surface area contributed by atoms with E-state index in [2.05, 4.69) is 59.0 Å². The Bertz CT molecular complexity index is 1150. The Morgan fingerprint density at radius 3 is 2.33 bits per heavy atom. The average Bonchev–Trinajstić information content (AvgIpc) is 3.42. The Morgan fingerprint density at radius 1 is 0.972 bits per heavy atom. The summed E-state index contributed by atoms with van der Waals surface area (Å²) in [7, 11) is 3.80. The molecule has 0 aromatic heterocycles. The fourth-order valence-electron chi connectivity index (χ4n) is 4.80. The number of hydrogen-bond donors (Lipinski definition) is 2. The van der Waals surface area contributed by atoms with Crippen LogP contribution in [-0.2, 0) is 16.0 Å². The summed E-state index contributed by atoms with van der Waals surface area (Å²) < 4.78 is 0. The third-order valence-electron chi connectivity index (χ3n) is 7.05. The van der Waals surface area contributed by atoms with Gasteiger partial charge in [-0.2, -0.15) is 0 Å². The van der Waals surface area contributed by atoms with Crippen molar-refractivity contribution in [1.82, 2.24) is 15.5 Å². The van der Waals surface area contributed by atoms with Crippen LogP contribution in [0, 0.1) is 0 Å². The van der Waals surface area contributed by atoms with Crippen LogP contribution in [0.4, 0.5) is 11.4 Å². The molecule has 6 heteroatoms. The molecule has 0 unspecified atom stereocenters. The highest BCUT2D eigenvalue weighted by Crippen LogP contribution is 2.35. The van der Waals surface area contributed by atoms with Crippen LogP contribution in [-0.4, -0.2) is 49.4 Å². The van der Waals surface area contributed by atoms with Gasteiger partial charge in [-0.3, -0.25) is 9.59 Å². The number of anilines is 2. The predicted octanol–water partition coefficient (Wildman–Crippen LogP) is 4.45. The molecule has 1 aliphatic heterocycles. The van der Waals surface area contributed by atoms with Gasteiger partial charge in [0.2, 0.25) is 11.8 Å². The minimum absolute atomic E-state index is 0.0153. The van der Waals surface area contributed by atoms with Gasteiger partial charge in [0.15, 0.2) is 0 Å². The summed E-state index contributed by atoms with van der Waals surface area (Å²) in [5.41, 5.74) is 4.33. The number of hydrogen-bond acceptors (Lipinski definition) is 4. The van der Waals surface area contributed by atoms with Gasteiger partial charge in [0.1, 0.15) is 6.04 Å². The monoisotopic (exact) mass is 484 g/mol. The Morgan fingerprint density at radius 2 is 1.64 bits per heavy atom. The first kappa shape index (κ1) is 25.5. The Kier molecular flexibility index (Phi) is 8.39. The Labute approximate surface area is 214 Å². The molecule has 3 aromatic rings. The molecule has 1 aliphatic rings. The summed E-state index contributed by atoms with van der Waals surface area (Å²) in [5.74, 6) is -0.200. The summed E-state index contributed by atoms with van der Waals surface area (Å²) in [5, 5.41) is 5.98. The molecule has 4 rings (SSSR count). The van der Waals surface area contributed by atoms with E-state index in [-0.39, 0.29) is 23.9 Å². The number of carbonyl (C=O) groups excluding carboxylic acids is 2. The predicted molar refractivity (Wildman–Crippen MR) is 145 cm³/mol. The van der Waals surface area contributed by atoms with Gasteiger partial charge in [-0.05, 0) is 62.2 Å². The minimum atomic E-state index is -0.619. The number of para-hydroxylation sites is 1. The number of nitrogens with one attached hydrogen (secondary N) is 2. The molecular weight excluding hydrogens is 448 g/mol. The van der Waals surface area contributed by atoms with E-state index < -0.39 is 6.04 Å². The first-order chi connectivity index (χ1) is 17.5. The number of likely N-dealkylation sites (tertiary alicyclic amines) is 1. The summed E-state index contributed by atoms with van der Waals surface area (Å²) in [6, 6.07) is 27.5.